The van der Waals surface area contributed by atoms with Crippen LogP contribution < -0.4 is 10.6 Å². The van der Waals surface area contributed by atoms with Crippen LogP contribution in [0.5, 0.6) is 0 Å². The fraction of sp³-hybridized carbons (Fsp3) is 0.391. The molecular weight excluding hydrogens is 352 g/mol. The van der Waals surface area contributed by atoms with Gasteiger partial charge in [0.15, 0.2) is 0 Å². The summed E-state index contributed by atoms with van der Waals surface area (Å²) in [4.78, 5) is 25.1. The van der Waals surface area contributed by atoms with E-state index in [4.69, 9.17) is 4.74 Å². The van der Waals surface area contributed by atoms with Gasteiger partial charge in [0.05, 0.1) is 0 Å². The lowest BCUT2D eigenvalue weighted by Gasteiger charge is -2.23. The van der Waals surface area contributed by atoms with Crippen LogP contribution in [0.4, 0.5) is 10.5 Å². The molecule has 0 fully saturated rings. The fourth-order valence-corrected chi connectivity index (χ4v) is 3.46. The van der Waals surface area contributed by atoms with E-state index in [0.29, 0.717) is 0 Å². The van der Waals surface area contributed by atoms with Crippen LogP contribution in [0.25, 0.3) is 0 Å². The minimum absolute atomic E-state index is 0.0151. The van der Waals surface area contributed by atoms with Crippen molar-refractivity contribution in [3.8, 4) is 0 Å². The number of alkyl carbamates (subject to hydrolysis) is 1. The van der Waals surface area contributed by atoms with Gasteiger partial charge in [0, 0.05) is 5.69 Å². The van der Waals surface area contributed by atoms with E-state index in [1.807, 2.05) is 56.3 Å². The molecule has 2 atom stereocenters. The number of amides is 2. The van der Waals surface area contributed by atoms with Crippen molar-refractivity contribution in [2.45, 2.75) is 52.2 Å². The van der Waals surface area contributed by atoms with Crippen LogP contribution >= 0.6 is 0 Å². The number of aryl methyl sites for hydroxylation is 2. The number of hydrogen-bond donors (Lipinski definition) is 2. The number of carbonyl (C=O) groups is 2. The second kappa shape index (κ2) is 9.40. The van der Waals surface area contributed by atoms with E-state index in [1.165, 1.54) is 11.1 Å². The predicted octanol–water partition coefficient (Wildman–Crippen LogP) is 4.45. The summed E-state index contributed by atoms with van der Waals surface area (Å²) in [6.07, 6.45) is 3.50. The monoisotopic (exact) mass is 380 g/mol. The quantitative estimate of drug-likeness (QED) is 0.745. The minimum Gasteiger partial charge on any atom is -0.445 e. The van der Waals surface area contributed by atoms with Crippen LogP contribution in [0.15, 0.2) is 48.5 Å². The van der Waals surface area contributed by atoms with Gasteiger partial charge in [-0.1, -0.05) is 56.7 Å². The van der Waals surface area contributed by atoms with Crippen LogP contribution in [0.1, 0.15) is 43.4 Å². The molecule has 2 amide bonds. The summed E-state index contributed by atoms with van der Waals surface area (Å²) in [7, 11) is 0. The average Bonchev–Trinajstić information content (AvgIpc) is 3.18. The maximum Gasteiger partial charge on any atom is 0.408 e. The molecule has 0 heterocycles. The summed E-state index contributed by atoms with van der Waals surface area (Å²) in [5.74, 6) is -0.234. The highest BCUT2D eigenvalue weighted by atomic mass is 16.5. The van der Waals surface area contributed by atoms with Gasteiger partial charge in [-0.2, -0.15) is 0 Å². The van der Waals surface area contributed by atoms with Gasteiger partial charge in [-0.15, -0.1) is 0 Å². The molecule has 5 heteroatoms. The van der Waals surface area contributed by atoms with Crippen LogP contribution in [-0.4, -0.2) is 18.0 Å². The Morgan fingerprint density at radius 1 is 1.07 bits per heavy atom. The first-order valence-electron chi connectivity index (χ1n) is 9.96. The van der Waals surface area contributed by atoms with Crippen molar-refractivity contribution in [1.82, 2.24) is 5.32 Å². The Kier molecular flexibility index (Phi) is 6.69. The number of rotatable bonds is 7. The predicted molar refractivity (Wildman–Crippen MR) is 110 cm³/mol. The molecule has 5 nitrogen and oxygen atoms in total. The van der Waals surface area contributed by atoms with E-state index in [1.54, 1.807) is 0 Å². The molecule has 0 spiro atoms. The third-order valence-electron chi connectivity index (χ3n) is 5.35. The molecule has 0 unspecified atom stereocenters. The highest BCUT2D eigenvalue weighted by Crippen LogP contribution is 2.25. The van der Waals surface area contributed by atoms with Crippen molar-refractivity contribution in [1.29, 1.82) is 0 Å². The van der Waals surface area contributed by atoms with Crippen molar-refractivity contribution < 1.29 is 14.3 Å². The van der Waals surface area contributed by atoms with Gasteiger partial charge in [-0.05, 0) is 54.0 Å². The van der Waals surface area contributed by atoms with Crippen molar-refractivity contribution in [2.75, 3.05) is 5.32 Å². The summed E-state index contributed by atoms with van der Waals surface area (Å²) >= 11 is 0. The van der Waals surface area contributed by atoms with E-state index in [0.717, 1.165) is 36.9 Å². The zero-order chi connectivity index (χ0) is 19.9. The fourth-order valence-electron chi connectivity index (χ4n) is 3.46. The Bertz CT molecular complexity index is 820. The molecule has 2 aromatic rings. The SMILES string of the molecule is CC[C@H](C)[C@H](NC(=O)OCc1ccccc1)C(=O)Nc1ccc2c(c1)CCC2. The van der Waals surface area contributed by atoms with Gasteiger partial charge in [0.2, 0.25) is 5.91 Å². The Morgan fingerprint density at radius 3 is 2.57 bits per heavy atom. The molecule has 0 saturated carbocycles. The molecule has 28 heavy (non-hydrogen) atoms. The maximum atomic E-state index is 12.8. The normalized spacial score (nSPS) is 14.6. The third kappa shape index (κ3) is 5.12. The number of anilines is 1. The molecule has 148 valence electrons. The van der Waals surface area contributed by atoms with E-state index >= 15 is 0 Å². The van der Waals surface area contributed by atoms with Gasteiger partial charge in [-0.25, -0.2) is 4.79 Å². The highest BCUT2D eigenvalue weighted by Gasteiger charge is 2.27. The van der Waals surface area contributed by atoms with Crippen LogP contribution in [0.3, 0.4) is 0 Å². The number of hydrogen-bond acceptors (Lipinski definition) is 3. The average molecular weight is 380 g/mol. The number of nitrogens with one attached hydrogen (secondary N) is 2. The zero-order valence-corrected chi connectivity index (χ0v) is 16.5. The molecule has 0 aliphatic heterocycles. The molecule has 0 aromatic heterocycles. The van der Waals surface area contributed by atoms with Gasteiger partial charge < -0.3 is 15.4 Å². The molecule has 0 radical (unpaired) electrons. The standard InChI is InChI=1S/C23H28N2O3/c1-3-16(2)21(25-23(27)28-15-17-8-5-4-6-9-17)22(26)24-20-13-12-18-10-7-11-19(18)14-20/h4-6,8-9,12-14,16,21H,3,7,10-11,15H2,1-2H3,(H,24,26)(H,25,27)/t16-,21-/m0/s1. The zero-order valence-electron chi connectivity index (χ0n) is 16.5. The summed E-state index contributed by atoms with van der Waals surface area (Å²) in [6.45, 7) is 4.12. The lowest BCUT2D eigenvalue weighted by atomic mass is 9.98. The Hall–Kier alpha value is -2.82. The van der Waals surface area contributed by atoms with E-state index < -0.39 is 12.1 Å². The van der Waals surface area contributed by atoms with Crippen LogP contribution in [-0.2, 0) is 29.0 Å². The van der Waals surface area contributed by atoms with E-state index in [9.17, 15) is 9.59 Å². The minimum atomic E-state index is -0.651. The first kappa shape index (κ1) is 19.9. The van der Waals surface area contributed by atoms with Crippen LogP contribution in [0.2, 0.25) is 0 Å². The summed E-state index contributed by atoms with van der Waals surface area (Å²) in [6, 6.07) is 14.9. The first-order valence-corrected chi connectivity index (χ1v) is 9.96. The topological polar surface area (TPSA) is 67.4 Å². The molecule has 1 aliphatic rings. The number of ether oxygens (including phenoxy) is 1. The van der Waals surface area contributed by atoms with Crippen molar-refractivity contribution in [3.63, 3.8) is 0 Å². The van der Waals surface area contributed by atoms with Crippen molar-refractivity contribution in [3.05, 3.63) is 65.2 Å². The van der Waals surface area contributed by atoms with Gasteiger partial charge in [-0.3, -0.25) is 4.79 Å². The smallest absolute Gasteiger partial charge is 0.408 e. The van der Waals surface area contributed by atoms with E-state index in [2.05, 4.69) is 16.7 Å². The number of benzene rings is 2. The number of carbonyl (C=O) groups excluding carboxylic acids is 2. The maximum absolute atomic E-state index is 12.8. The van der Waals surface area contributed by atoms with Gasteiger partial charge in [0.1, 0.15) is 12.6 Å². The summed E-state index contributed by atoms with van der Waals surface area (Å²) in [5.41, 5.74) is 4.34. The summed E-state index contributed by atoms with van der Waals surface area (Å²) in [5, 5.41) is 5.69. The Balaban J connectivity index is 1.60. The summed E-state index contributed by atoms with van der Waals surface area (Å²) < 4.78 is 5.28. The van der Waals surface area contributed by atoms with E-state index in [-0.39, 0.29) is 18.4 Å². The molecule has 1 aliphatic carbocycles. The molecule has 2 N–H and O–H groups in total. The van der Waals surface area contributed by atoms with Gasteiger partial charge >= 0.3 is 6.09 Å². The Labute approximate surface area is 166 Å². The number of fused-ring (bicyclic) bond motifs is 1. The lowest BCUT2D eigenvalue weighted by molar-refractivity contribution is -0.119. The second-order valence-electron chi connectivity index (χ2n) is 7.40. The molecule has 2 aromatic carbocycles. The second-order valence-corrected chi connectivity index (χ2v) is 7.40. The van der Waals surface area contributed by atoms with Crippen molar-refractivity contribution >= 4 is 17.7 Å². The van der Waals surface area contributed by atoms with Crippen molar-refractivity contribution in [2.24, 2.45) is 5.92 Å². The molecule has 3 rings (SSSR count). The first-order chi connectivity index (χ1) is 13.6. The molecular formula is C23H28N2O3. The molecule has 0 bridgehead atoms. The Morgan fingerprint density at radius 2 is 1.82 bits per heavy atom. The van der Waals surface area contributed by atoms with Crippen LogP contribution in [0, 0.1) is 5.92 Å². The lowest BCUT2D eigenvalue weighted by Crippen LogP contribution is -2.47. The largest absolute Gasteiger partial charge is 0.445 e. The molecule has 0 saturated heterocycles. The van der Waals surface area contributed by atoms with Gasteiger partial charge in [0.25, 0.3) is 0 Å². The highest BCUT2D eigenvalue weighted by molar-refractivity contribution is 5.96. The third-order valence-corrected chi connectivity index (χ3v) is 5.35.